The number of carboxylic acid groups (broad SMARTS) is 1. The summed E-state index contributed by atoms with van der Waals surface area (Å²) in [6.07, 6.45) is -15.6. The molecule has 1 aromatic heterocycles. The Morgan fingerprint density at radius 3 is 2.59 bits per heavy atom. The predicted octanol–water partition coefficient (Wildman–Crippen LogP) is -8.51. The fourth-order valence-corrected chi connectivity index (χ4v) is 5.37. The number of nitrogens with zero attached hydrogens (tertiary/aromatic N) is 2. The number of ether oxygens (including phenoxy) is 2. The molecule has 0 saturated carbocycles. The van der Waals surface area contributed by atoms with Crippen LogP contribution in [0.1, 0.15) is 12.6 Å². The predicted molar refractivity (Wildman–Crippen MR) is 132 cm³/mol. The lowest BCUT2D eigenvalue weighted by Gasteiger charge is -2.50. The van der Waals surface area contributed by atoms with Gasteiger partial charge in [-0.2, -0.15) is 4.98 Å². The van der Waals surface area contributed by atoms with Crippen molar-refractivity contribution in [2.75, 3.05) is 25.5 Å². The van der Waals surface area contributed by atoms with Crippen LogP contribution >= 0.6 is 7.82 Å². The number of nitrogens with two attached hydrogens (primary N) is 1. The van der Waals surface area contributed by atoms with Crippen LogP contribution in [0.2, 0.25) is 0 Å². The lowest BCUT2D eigenvalue weighted by atomic mass is 9.88. The van der Waals surface area contributed by atoms with Gasteiger partial charge in [0.15, 0.2) is 6.23 Å². The van der Waals surface area contributed by atoms with E-state index in [9.17, 15) is 64.4 Å². The van der Waals surface area contributed by atoms with Crippen LogP contribution in [-0.2, 0) is 37.5 Å². The Kier molecular flexibility index (Phi) is 11.5. The topological polar surface area (TPSA) is 358 Å². The number of aliphatic hydroxyl groups excluding tert-OH is 6. The van der Waals surface area contributed by atoms with Crippen LogP contribution in [-0.4, -0.2) is 133 Å². The van der Waals surface area contributed by atoms with Crippen LogP contribution in [0.25, 0.3) is 0 Å². The Morgan fingerprint density at radius 2 is 2.00 bits per heavy atom. The first-order valence-corrected chi connectivity index (χ1v) is 14.0. The van der Waals surface area contributed by atoms with Crippen LogP contribution in [0.3, 0.4) is 0 Å². The normalized spacial score (nSPS) is 33.1. The molecule has 2 amide bonds. The largest absolute Gasteiger partial charge is 0.756 e. The quantitative estimate of drug-likeness (QED) is 0.0663. The standard InChI is InChI=1S/C21H32N5O17P/c22-11-1-2-26(20(37)24-11)18-16(34)15(33)10(41-18)6-40-44(38,39)43-21(19(35)36)3-8(29)13(25-12(31)4-23-7-28)17(42-21)14(32)9(30)5-27/h1-2,7-10,13-18,27,29-30,32-34H,3-6H2,(H,23,28)(H,25,31)(H,35,36)(H,38,39)(H2,22,24,37)/p-2/t8?,9-,10?,13?,14-,15?,16?,17?,18?,21?/m1/s1. The highest BCUT2D eigenvalue weighted by Gasteiger charge is 2.54. The molecule has 2 aliphatic rings. The molecule has 2 saturated heterocycles. The number of hydrogen-bond acceptors (Lipinski definition) is 19. The molecule has 0 spiro atoms. The highest BCUT2D eigenvalue weighted by atomic mass is 31.2. The zero-order chi connectivity index (χ0) is 33.0. The average Bonchev–Trinajstić information content (AvgIpc) is 3.23. The molecule has 2 fully saturated rings. The van der Waals surface area contributed by atoms with Crippen LogP contribution in [0.4, 0.5) is 5.82 Å². The number of aromatic nitrogens is 2. The van der Waals surface area contributed by atoms with Crippen molar-refractivity contribution >= 4 is 31.9 Å². The number of phosphoric acid groups is 1. The van der Waals surface area contributed by atoms with Crippen LogP contribution < -0.4 is 32.1 Å². The third-order valence-corrected chi connectivity index (χ3v) is 7.58. The molecule has 0 radical (unpaired) electrons. The first-order chi connectivity index (χ1) is 20.6. The van der Waals surface area contributed by atoms with E-state index in [2.05, 4.69) is 19.3 Å². The van der Waals surface area contributed by atoms with Crippen molar-refractivity contribution in [3.63, 3.8) is 0 Å². The summed E-state index contributed by atoms with van der Waals surface area (Å²) in [5, 5.41) is 77.1. The van der Waals surface area contributed by atoms with E-state index in [0.717, 1.165) is 10.8 Å². The molecule has 3 rings (SSSR count). The van der Waals surface area contributed by atoms with Gasteiger partial charge in [-0.1, -0.05) is 0 Å². The first-order valence-electron chi connectivity index (χ1n) is 12.6. The molecule has 0 aliphatic carbocycles. The lowest BCUT2D eigenvalue weighted by Crippen LogP contribution is -2.70. The van der Waals surface area contributed by atoms with E-state index in [1.807, 2.05) is 5.32 Å². The molecule has 0 bridgehead atoms. The molecule has 2 aliphatic heterocycles. The number of carbonyl (C=O) groups excluding carboxylic acids is 3. The van der Waals surface area contributed by atoms with E-state index in [4.69, 9.17) is 15.2 Å². The summed E-state index contributed by atoms with van der Waals surface area (Å²) in [7, 11) is -5.87. The minimum atomic E-state index is -5.87. The van der Waals surface area contributed by atoms with Gasteiger partial charge in [0.05, 0.1) is 31.9 Å². The van der Waals surface area contributed by atoms with Crippen LogP contribution in [0.5, 0.6) is 0 Å². The van der Waals surface area contributed by atoms with E-state index in [1.54, 1.807) is 0 Å². The maximum absolute atomic E-state index is 12.7. The highest BCUT2D eigenvalue weighted by molar-refractivity contribution is 7.45. The summed E-state index contributed by atoms with van der Waals surface area (Å²) in [5.74, 6) is -7.04. The number of anilines is 1. The van der Waals surface area contributed by atoms with Crippen molar-refractivity contribution in [2.24, 2.45) is 0 Å². The van der Waals surface area contributed by atoms with Gasteiger partial charge in [0.25, 0.3) is 7.82 Å². The average molecular weight is 655 g/mol. The summed E-state index contributed by atoms with van der Waals surface area (Å²) < 4.78 is 33.2. The zero-order valence-corrected chi connectivity index (χ0v) is 23.2. The molecule has 44 heavy (non-hydrogen) atoms. The number of amides is 2. The van der Waals surface area contributed by atoms with E-state index in [1.165, 1.54) is 6.07 Å². The summed E-state index contributed by atoms with van der Waals surface area (Å²) in [4.78, 5) is 63.0. The smallest absolute Gasteiger partial charge is 0.351 e. The molecule has 9 unspecified atom stereocenters. The fraction of sp³-hybridized carbons (Fsp3) is 0.667. The van der Waals surface area contributed by atoms with Crippen molar-refractivity contribution in [1.82, 2.24) is 20.2 Å². The molecular formula is C21H30N5O17P-2. The Balaban J connectivity index is 1.79. The molecule has 22 nitrogen and oxygen atoms in total. The summed E-state index contributed by atoms with van der Waals surface area (Å²) in [6, 6.07) is -0.588. The maximum Gasteiger partial charge on any atom is 0.351 e. The number of carbonyl (C=O) groups is 3. The number of phosphoric ester groups is 1. The molecule has 0 aromatic carbocycles. The van der Waals surface area contributed by atoms with Crippen molar-refractivity contribution in [1.29, 1.82) is 0 Å². The van der Waals surface area contributed by atoms with E-state index < -0.39 is 112 Å². The third kappa shape index (κ3) is 7.93. The van der Waals surface area contributed by atoms with Gasteiger partial charge in [0.1, 0.15) is 48.4 Å². The van der Waals surface area contributed by atoms with E-state index in [-0.39, 0.29) is 12.2 Å². The molecule has 11 atom stereocenters. The van der Waals surface area contributed by atoms with Crippen molar-refractivity contribution < 1.29 is 78.1 Å². The number of hydrogen-bond donors (Lipinski definition) is 9. The zero-order valence-electron chi connectivity index (χ0n) is 22.3. The van der Waals surface area contributed by atoms with Gasteiger partial charge in [0, 0.05) is 12.6 Å². The molecule has 1 aromatic rings. The second-order valence-electron chi connectivity index (χ2n) is 9.65. The van der Waals surface area contributed by atoms with Gasteiger partial charge in [0.2, 0.25) is 18.1 Å². The van der Waals surface area contributed by atoms with Crippen molar-refractivity contribution in [3.05, 3.63) is 22.7 Å². The minimum Gasteiger partial charge on any atom is -0.756 e. The number of aliphatic carboxylic acids is 1. The number of nitrogens with one attached hydrogen (secondary N) is 2. The molecule has 10 N–H and O–H groups in total. The molecular weight excluding hydrogens is 625 g/mol. The van der Waals surface area contributed by atoms with Gasteiger partial charge in [-0.3, -0.25) is 23.2 Å². The van der Waals surface area contributed by atoms with E-state index >= 15 is 0 Å². The third-order valence-electron chi connectivity index (χ3n) is 6.59. The molecule has 3 heterocycles. The molecule has 23 heteroatoms. The van der Waals surface area contributed by atoms with E-state index in [0.29, 0.717) is 0 Å². The summed E-state index contributed by atoms with van der Waals surface area (Å²) in [5.41, 5.74) is 4.42. The highest BCUT2D eigenvalue weighted by Crippen LogP contribution is 2.48. The van der Waals surface area contributed by atoms with Crippen molar-refractivity contribution in [3.8, 4) is 0 Å². The number of aliphatic hydroxyl groups is 6. The monoisotopic (exact) mass is 655 g/mol. The van der Waals surface area contributed by atoms with Gasteiger partial charge < -0.3 is 75.8 Å². The summed E-state index contributed by atoms with van der Waals surface area (Å²) in [6.45, 7) is -2.92. The Bertz CT molecular complexity index is 1300. The Labute approximate surface area is 246 Å². The van der Waals surface area contributed by atoms with Crippen LogP contribution in [0.15, 0.2) is 17.1 Å². The summed E-state index contributed by atoms with van der Waals surface area (Å²) >= 11 is 0. The maximum atomic E-state index is 12.7. The number of nitrogen functional groups attached to an aromatic ring is 1. The SMILES string of the molecule is Nc1ccn(C2OC(COP(=O)([O-])OC3(C(=O)[O-])CC(O)C(NC(=O)CNC=O)C([C@H](O)[C@H](O)CO)O3)C(O)C2O)c(=O)n1. The minimum absolute atomic E-state index is 0.154. The van der Waals surface area contributed by atoms with Gasteiger partial charge >= 0.3 is 5.69 Å². The Hall–Kier alpha value is -3.12. The van der Waals surface area contributed by atoms with Crippen molar-refractivity contribution in [2.45, 2.75) is 67.2 Å². The van der Waals surface area contributed by atoms with Crippen LogP contribution in [0, 0.1) is 0 Å². The lowest BCUT2D eigenvalue weighted by molar-refractivity contribution is -0.377. The second kappa shape index (κ2) is 14.3. The van der Waals surface area contributed by atoms with Gasteiger partial charge in [-0.15, -0.1) is 0 Å². The van der Waals surface area contributed by atoms with Gasteiger partial charge in [-0.05, 0) is 6.07 Å². The molecule has 248 valence electrons. The fourth-order valence-electron chi connectivity index (χ4n) is 4.44. The number of carboxylic acids is 1. The first kappa shape index (κ1) is 35.4. The second-order valence-corrected chi connectivity index (χ2v) is 11.0. The number of rotatable bonds is 14. The van der Waals surface area contributed by atoms with Gasteiger partial charge in [-0.25, -0.2) is 4.79 Å². The Morgan fingerprint density at radius 1 is 1.32 bits per heavy atom.